The zero-order valence-electron chi connectivity index (χ0n) is 6.59. The Kier molecular flexibility index (Phi) is 4.71. The van der Waals surface area contributed by atoms with E-state index in [2.05, 4.69) is 18.7 Å². The third kappa shape index (κ3) is 2.70. The molecule has 0 atom stereocenters. The second kappa shape index (κ2) is 4.73. The van der Waals surface area contributed by atoms with Gasteiger partial charge in [-0.2, -0.15) is 0 Å². The summed E-state index contributed by atoms with van der Waals surface area (Å²) in [6, 6.07) is 10.2. The number of allylic oxidation sites excluding steroid dienone is 1. The fourth-order valence-corrected chi connectivity index (χ4v) is 0.723. The van der Waals surface area contributed by atoms with Gasteiger partial charge in [0.05, 0.1) is 0 Å². The van der Waals surface area contributed by atoms with Gasteiger partial charge >= 0.3 is 0 Å². The van der Waals surface area contributed by atoms with E-state index in [1.54, 1.807) is 0 Å². The minimum absolute atomic E-state index is 0. The fraction of sp³-hybridized carbons (Fsp3) is 0.111. The molecular weight excluding hydrogens is 131 g/mol. The smallest absolute Gasteiger partial charge is 0 e. The van der Waals surface area contributed by atoms with Gasteiger partial charge in [0.15, 0.2) is 0 Å². The van der Waals surface area contributed by atoms with E-state index in [-0.39, 0.29) is 29.6 Å². The Labute approximate surface area is 84.3 Å². The van der Waals surface area contributed by atoms with Gasteiger partial charge in [0.25, 0.3) is 0 Å². The van der Waals surface area contributed by atoms with Crippen LogP contribution < -0.4 is 0 Å². The first-order chi connectivity index (χ1) is 4.30. The minimum atomic E-state index is 0. The Morgan fingerprint density at radius 3 is 2.00 bits per heavy atom. The van der Waals surface area contributed by atoms with E-state index in [0.717, 1.165) is 5.57 Å². The van der Waals surface area contributed by atoms with Crippen molar-refractivity contribution in [2.45, 2.75) is 6.92 Å². The summed E-state index contributed by atoms with van der Waals surface area (Å²) in [6.07, 6.45) is 0. The number of benzene rings is 1. The molecule has 0 spiro atoms. The summed E-state index contributed by atoms with van der Waals surface area (Å²) in [7, 11) is 0. The van der Waals surface area contributed by atoms with Gasteiger partial charge in [-0.15, -0.1) is 0 Å². The molecule has 0 aliphatic rings. The zero-order valence-corrected chi connectivity index (χ0v) is 8.59. The molecule has 0 aliphatic carbocycles. The van der Waals surface area contributed by atoms with E-state index >= 15 is 0 Å². The number of hydrogen-bond donors (Lipinski definition) is 0. The Bertz CT molecular complexity index is 201. The van der Waals surface area contributed by atoms with Crippen molar-refractivity contribution in [2.75, 3.05) is 0 Å². The molecular formula is C9H10Na. The summed E-state index contributed by atoms with van der Waals surface area (Å²) in [5.74, 6) is 0. The molecule has 0 aromatic heterocycles. The SMILES string of the molecule is C=C(C)c1ccccc1.[Na]. The van der Waals surface area contributed by atoms with Crippen LogP contribution in [0.4, 0.5) is 0 Å². The maximum Gasteiger partial charge on any atom is 0 e. The van der Waals surface area contributed by atoms with E-state index < -0.39 is 0 Å². The molecule has 1 radical (unpaired) electrons. The first-order valence-electron chi connectivity index (χ1n) is 3.01. The van der Waals surface area contributed by atoms with Crippen LogP contribution in [0.15, 0.2) is 36.9 Å². The van der Waals surface area contributed by atoms with Crippen LogP contribution in [-0.4, -0.2) is 29.6 Å². The van der Waals surface area contributed by atoms with Gasteiger partial charge < -0.3 is 0 Å². The van der Waals surface area contributed by atoms with Crippen LogP contribution in [0.1, 0.15) is 12.5 Å². The number of rotatable bonds is 1. The maximum absolute atomic E-state index is 3.83. The van der Waals surface area contributed by atoms with Crippen LogP contribution in [-0.2, 0) is 0 Å². The third-order valence-electron chi connectivity index (χ3n) is 1.27. The molecule has 0 saturated carbocycles. The van der Waals surface area contributed by atoms with E-state index in [1.807, 2.05) is 25.1 Å². The normalized spacial score (nSPS) is 8.10. The summed E-state index contributed by atoms with van der Waals surface area (Å²) < 4.78 is 0. The van der Waals surface area contributed by atoms with Crippen LogP contribution in [0, 0.1) is 0 Å². The van der Waals surface area contributed by atoms with Crippen molar-refractivity contribution >= 4 is 35.1 Å². The van der Waals surface area contributed by atoms with Crippen LogP contribution in [0.2, 0.25) is 0 Å². The minimum Gasteiger partial charge on any atom is -0.0955 e. The summed E-state index contributed by atoms with van der Waals surface area (Å²) >= 11 is 0. The zero-order chi connectivity index (χ0) is 6.69. The van der Waals surface area contributed by atoms with Crippen molar-refractivity contribution in [3.05, 3.63) is 42.5 Å². The maximum atomic E-state index is 3.83. The van der Waals surface area contributed by atoms with Crippen molar-refractivity contribution in [3.63, 3.8) is 0 Å². The molecule has 10 heavy (non-hydrogen) atoms. The Hall–Kier alpha value is -0.0400. The molecule has 1 aromatic carbocycles. The predicted octanol–water partition coefficient (Wildman–Crippen LogP) is 2.34. The molecule has 47 valence electrons. The largest absolute Gasteiger partial charge is 0.0955 e. The van der Waals surface area contributed by atoms with Gasteiger partial charge in [-0.25, -0.2) is 0 Å². The Morgan fingerprint density at radius 2 is 1.70 bits per heavy atom. The molecule has 0 fully saturated rings. The molecule has 1 rings (SSSR count). The van der Waals surface area contributed by atoms with Crippen molar-refractivity contribution in [2.24, 2.45) is 0 Å². The summed E-state index contributed by atoms with van der Waals surface area (Å²) in [4.78, 5) is 0. The van der Waals surface area contributed by atoms with Crippen molar-refractivity contribution in [1.82, 2.24) is 0 Å². The van der Waals surface area contributed by atoms with Crippen molar-refractivity contribution < 1.29 is 0 Å². The van der Waals surface area contributed by atoms with Crippen molar-refractivity contribution in [1.29, 1.82) is 0 Å². The average molecular weight is 141 g/mol. The molecule has 0 amide bonds. The molecule has 0 N–H and O–H groups in total. The first-order valence-corrected chi connectivity index (χ1v) is 3.01. The topological polar surface area (TPSA) is 0 Å². The molecule has 1 aromatic rings. The van der Waals surface area contributed by atoms with Crippen LogP contribution in [0.3, 0.4) is 0 Å². The standard InChI is InChI=1S/C9H10.Na/c1-8(2)9-6-4-3-5-7-9;/h3-7H,1H2,2H3;. The Balaban J connectivity index is 0.000000810. The van der Waals surface area contributed by atoms with Gasteiger partial charge in [0, 0.05) is 29.6 Å². The molecule has 0 saturated heterocycles. The van der Waals surface area contributed by atoms with E-state index in [0.29, 0.717) is 0 Å². The van der Waals surface area contributed by atoms with Gasteiger partial charge in [0.1, 0.15) is 0 Å². The quantitative estimate of drug-likeness (QED) is 0.526. The molecule has 1 heteroatoms. The number of hydrogen-bond acceptors (Lipinski definition) is 0. The van der Waals surface area contributed by atoms with Gasteiger partial charge in [-0.1, -0.05) is 42.5 Å². The molecule has 0 aliphatic heterocycles. The Morgan fingerprint density at radius 1 is 1.20 bits per heavy atom. The predicted molar refractivity (Wildman–Crippen MR) is 46.9 cm³/mol. The van der Waals surface area contributed by atoms with E-state index in [4.69, 9.17) is 0 Å². The van der Waals surface area contributed by atoms with E-state index in [1.165, 1.54) is 5.56 Å². The summed E-state index contributed by atoms with van der Waals surface area (Å²) in [5.41, 5.74) is 2.34. The third-order valence-corrected chi connectivity index (χ3v) is 1.27. The molecule has 0 unspecified atom stereocenters. The average Bonchev–Trinajstić information content (AvgIpc) is 1.90. The fourth-order valence-electron chi connectivity index (χ4n) is 0.723. The molecule has 0 nitrogen and oxygen atoms in total. The van der Waals surface area contributed by atoms with Crippen LogP contribution >= 0.6 is 0 Å². The second-order valence-electron chi connectivity index (χ2n) is 2.15. The monoisotopic (exact) mass is 141 g/mol. The summed E-state index contributed by atoms with van der Waals surface area (Å²) in [6.45, 7) is 5.83. The molecule has 0 bridgehead atoms. The summed E-state index contributed by atoms with van der Waals surface area (Å²) in [5, 5.41) is 0. The van der Waals surface area contributed by atoms with Gasteiger partial charge in [0.2, 0.25) is 0 Å². The van der Waals surface area contributed by atoms with E-state index in [9.17, 15) is 0 Å². The first kappa shape index (κ1) is 9.96. The van der Waals surface area contributed by atoms with Crippen molar-refractivity contribution in [3.8, 4) is 0 Å². The molecule has 0 heterocycles. The van der Waals surface area contributed by atoms with Crippen LogP contribution in [0.25, 0.3) is 5.57 Å². The second-order valence-corrected chi connectivity index (χ2v) is 2.15. The van der Waals surface area contributed by atoms with Gasteiger partial charge in [-0.3, -0.25) is 0 Å². The van der Waals surface area contributed by atoms with Gasteiger partial charge in [-0.05, 0) is 12.5 Å². The van der Waals surface area contributed by atoms with Crippen LogP contribution in [0.5, 0.6) is 0 Å².